The SMILES string of the molecule is CCCCCCCCCCCCCCC(O)C(O)C(CO[C@H]1O[C@H](CO)[C@H](O)[C@H](O)[C@H]1O)NC(=O)c1cccc(OC)c1. The number of hydrogen-bond donors (Lipinski definition) is 7. The first-order valence-corrected chi connectivity index (χ1v) is 16.0. The number of aliphatic hydroxyl groups excluding tert-OH is 6. The van der Waals surface area contributed by atoms with Crippen LogP contribution in [0.1, 0.15) is 101 Å². The molecule has 7 N–H and O–H groups in total. The summed E-state index contributed by atoms with van der Waals surface area (Å²) in [6.45, 7) is 1.21. The van der Waals surface area contributed by atoms with E-state index >= 15 is 0 Å². The van der Waals surface area contributed by atoms with Gasteiger partial charge in [-0.1, -0.05) is 90.0 Å². The third-order valence-corrected chi connectivity index (χ3v) is 8.10. The van der Waals surface area contributed by atoms with Gasteiger partial charge in [0.2, 0.25) is 0 Å². The molecule has 1 fully saturated rings. The maximum Gasteiger partial charge on any atom is 0.251 e. The molecule has 1 aliphatic rings. The highest BCUT2D eigenvalue weighted by atomic mass is 16.7. The number of carbonyl (C=O) groups excluding carboxylic acids is 1. The fourth-order valence-corrected chi connectivity index (χ4v) is 5.28. The van der Waals surface area contributed by atoms with E-state index < -0.39 is 68.1 Å². The Labute approximate surface area is 256 Å². The zero-order valence-corrected chi connectivity index (χ0v) is 25.9. The highest BCUT2D eigenvalue weighted by Gasteiger charge is 2.44. The zero-order valence-electron chi connectivity index (χ0n) is 25.9. The van der Waals surface area contributed by atoms with Crippen LogP contribution in [0.15, 0.2) is 24.3 Å². The normalized spacial score (nSPS) is 24.3. The van der Waals surface area contributed by atoms with E-state index in [1.165, 1.54) is 64.5 Å². The number of hydrogen-bond acceptors (Lipinski definition) is 10. The number of ether oxygens (including phenoxy) is 3. The molecule has 1 aliphatic heterocycles. The Hall–Kier alpha value is -1.83. The second-order valence-electron chi connectivity index (χ2n) is 11.6. The maximum atomic E-state index is 13.0. The number of nitrogens with one attached hydrogen (secondary N) is 1. The molecule has 1 aromatic rings. The minimum absolute atomic E-state index is 0.264. The molecule has 248 valence electrons. The van der Waals surface area contributed by atoms with E-state index in [9.17, 15) is 35.4 Å². The molecule has 0 aliphatic carbocycles. The number of aliphatic hydroxyl groups is 6. The average Bonchev–Trinajstić information content (AvgIpc) is 3.02. The van der Waals surface area contributed by atoms with Gasteiger partial charge in [0.05, 0.1) is 32.5 Å². The summed E-state index contributed by atoms with van der Waals surface area (Å²) in [6.07, 6.45) is 4.39. The predicted octanol–water partition coefficient (Wildman–Crippen LogP) is 2.42. The fraction of sp³-hybridized carbons (Fsp3) is 0.781. The number of rotatable bonds is 22. The third kappa shape index (κ3) is 13.0. The molecule has 0 saturated carbocycles. The molecule has 11 nitrogen and oxygen atoms in total. The molecule has 0 bridgehead atoms. The lowest BCUT2D eigenvalue weighted by atomic mass is 9.98. The van der Waals surface area contributed by atoms with Gasteiger partial charge in [0.15, 0.2) is 6.29 Å². The first kappa shape index (κ1) is 37.4. The summed E-state index contributed by atoms with van der Waals surface area (Å²) in [5.74, 6) is -0.0766. The van der Waals surface area contributed by atoms with Gasteiger partial charge in [0.1, 0.15) is 36.3 Å². The van der Waals surface area contributed by atoms with Crippen LogP contribution in [-0.2, 0) is 9.47 Å². The zero-order chi connectivity index (χ0) is 31.6. The molecule has 11 heteroatoms. The molecule has 8 atom stereocenters. The van der Waals surface area contributed by atoms with E-state index in [-0.39, 0.29) is 5.56 Å². The molecule has 43 heavy (non-hydrogen) atoms. The van der Waals surface area contributed by atoms with E-state index in [1.807, 2.05) is 0 Å². The summed E-state index contributed by atoms with van der Waals surface area (Å²) in [5.41, 5.74) is 0.264. The van der Waals surface area contributed by atoms with Crippen molar-refractivity contribution in [1.29, 1.82) is 0 Å². The summed E-state index contributed by atoms with van der Waals surface area (Å²) in [4.78, 5) is 13.0. The van der Waals surface area contributed by atoms with Crippen LogP contribution >= 0.6 is 0 Å². The Morgan fingerprint density at radius 1 is 0.907 bits per heavy atom. The van der Waals surface area contributed by atoms with Gasteiger partial charge >= 0.3 is 0 Å². The number of benzene rings is 1. The van der Waals surface area contributed by atoms with Crippen molar-refractivity contribution in [2.45, 2.75) is 139 Å². The maximum absolute atomic E-state index is 13.0. The van der Waals surface area contributed by atoms with E-state index in [0.29, 0.717) is 18.6 Å². The quantitative estimate of drug-likeness (QED) is 0.0961. The molecule has 3 unspecified atom stereocenters. The van der Waals surface area contributed by atoms with Gasteiger partial charge in [0.25, 0.3) is 5.91 Å². The van der Waals surface area contributed by atoms with Crippen molar-refractivity contribution in [2.75, 3.05) is 20.3 Å². The van der Waals surface area contributed by atoms with Crippen LogP contribution in [0.5, 0.6) is 5.75 Å². The van der Waals surface area contributed by atoms with E-state index in [4.69, 9.17) is 14.2 Å². The highest BCUT2D eigenvalue weighted by molar-refractivity contribution is 5.94. The lowest BCUT2D eigenvalue weighted by Crippen LogP contribution is -2.60. The number of unbranched alkanes of at least 4 members (excludes halogenated alkanes) is 11. The van der Waals surface area contributed by atoms with Gasteiger partial charge < -0.3 is 50.2 Å². The Kier molecular flexibility index (Phi) is 18.2. The molecule has 0 aromatic heterocycles. The van der Waals surface area contributed by atoms with E-state index in [0.717, 1.165) is 19.3 Å². The van der Waals surface area contributed by atoms with Crippen LogP contribution in [0, 0.1) is 0 Å². The van der Waals surface area contributed by atoms with Crippen LogP contribution in [-0.4, -0.2) is 106 Å². The summed E-state index contributed by atoms with van der Waals surface area (Å²) in [6, 6.07) is 5.32. The smallest absolute Gasteiger partial charge is 0.251 e. The lowest BCUT2D eigenvalue weighted by Gasteiger charge is -2.40. The molecular formula is C32H55NO10. The topological polar surface area (TPSA) is 178 Å². The van der Waals surface area contributed by atoms with Gasteiger partial charge in [-0.3, -0.25) is 4.79 Å². The highest BCUT2D eigenvalue weighted by Crippen LogP contribution is 2.23. The summed E-state index contributed by atoms with van der Waals surface area (Å²) < 4.78 is 16.2. The van der Waals surface area contributed by atoms with Gasteiger partial charge in [-0.15, -0.1) is 0 Å². The Balaban J connectivity index is 1.89. The summed E-state index contributed by atoms with van der Waals surface area (Å²) >= 11 is 0. The monoisotopic (exact) mass is 613 g/mol. The van der Waals surface area contributed by atoms with Gasteiger partial charge in [-0.25, -0.2) is 0 Å². The standard InChI is InChI=1S/C32H55NO10/c1-3-4-5-6-7-8-9-10-11-12-13-14-18-25(35)27(36)24(33-31(40)22-16-15-17-23(19-22)41-2)21-42-32-30(39)29(38)28(37)26(20-34)43-32/h15-17,19,24-30,32,34-39H,3-14,18,20-21H2,1-2H3,(H,33,40)/t24?,25?,26-,27?,28+,29+,30-,32+/m1/s1. The first-order valence-electron chi connectivity index (χ1n) is 16.0. The Morgan fingerprint density at radius 3 is 2.09 bits per heavy atom. The van der Waals surface area contributed by atoms with Crippen LogP contribution in [0.3, 0.4) is 0 Å². The van der Waals surface area contributed by atoms with Crippen molar-refractivity contribution in [3.8, 4) is 5.75 Å². The number of amides is 1. The van der Waals surface area contributed by atoms with Crippen molar-refractivity contribution in [1.82, 2.24) is 5.32 Å². The molecular weight excluding hydrogens is 558 g/mol. The summed E-state index contributed by atoms with van der Waals surface area (Å²) in [7, 11) is 1.48. The minimum Gasteiger partial charge on any atom is -0.497 e. The van der Waals surface area contributed by atoms with Crippen molar-refractivity contribution < 1.29 is 49.6 Å². The Bertz CT molecular complexity index is 887. The lowest BCUT2D eigenvalue weighted by molar-refractivity contribution is -0.303. The van der Waals surface area contributed by atoms with E-state index in [2.05, 4.69) is 12.2 Å². The molecule has 1 saturated heterocycles. The van der Waals surface area contributed by atoms with Gasteiger partial charge in [-0.2, -0.15) is 0 Å². The van der Waals surface area contributed by atoms with Crippen LogP contribution in [0.4, 0.5) is 0 Å². The van der Waals surface area contributed by atoms with Crippen molar-refractivity contribution in [3.63, 3.8) is 0 Å². The average molecular weight is 614 g/mol. The number of methoxy groups -OCH3 is 1. The summed E-state index contributed by atoms with van der Waals surface area (Å²) in [5, 5.41) is 64.4. The second kappa shape index (κ2) is 21.0. The molecule has 0 radical (unpaired) electrons. The van der Waals surface area contributed by atoms with Crippen LogP contribution in [0.25, 0.3) is 0 Å². The van der Waals surface area contributed by atoms with Crippen LogP contribution < -0.4 is 10.1 Å². The molecule has 2 rings (SSSR count). The minimum atomic E-state index is -1.64. The van der Waals surface area contributed by atoms with Gasteiger partial charge in [-0.05, 0) is 24.6 Å². The third-order valence-electron chi connectivity index (χ3n) is 8.10. The second-order valence-corrected chi connectivity index (χ2v) is 11.6. The first-order chi connectivity index (χ1) is 20.7. The van der Waals surface area contributed by atoms with Crippen molar-refractivity contribution in [2.24, 2.45) is 0 Å². The fourth-order valence-electron chi connectivity index (χ4n) is 5.28. The number of carbonyl (C=O) groups is 1. The largest absolute Gasteiger partial charge is 0.497 e. The molecule has 1 amide bonds. The van der Waals surface area contributed by atoms with Crippen LogP contribution in [0.2, 0.25) is 0 Å². The van der Waals surface area contributed by atoms with Gasteiger partial charge in [0, 0.05) is 5.56 Å². The van der Waals surface area contributed by atoms with E-state index in [1.54, 1.807) is 18.2 Å². The molecule has 1 heterocycles. The van der Waals surface area contributed by atoms with Crippen molar-refractivity contribution >= 4 is 5.91 Å². The predicted molar refractivity (Wildman–Crippen MR) is 162 cm³/mol. The molecule has 0 spiro atoms. The van der Waals surface area contributed by atoms with Crippen molar-refractivity contribution in [3.05, 3.63) is 29.8 Å². The Morgan fingerprint density at radius 2 is 1.51 bits per heavy atom. The molecule has 1 aromatic carbocycles.